The second-order valence-corrected chi connectivity index (χ2v) is 10.8. The molecule has 0 saturated carbocycles. The molecule has 0 amide bonds. The van der Waals surface area contributed by atoms with E-state index in [0.717, 1.165) is 39.7 Å². The lowest BCUT2D eigenvalue weighted by Crippen LogP contribution is -2.06. The number of hydrogen-bond acceptors (Lipinski definition) is 2. The van der Waals surface area contributed by atoms with E-state index < -0.39 is 0 Å². The van der Waals surface area contributed by atoms with Crippen molar-refractivity contribution in [2.45, 2.75) is 0 Å². The molecule has 5 heteroatoms. The van der Waals surface area contributed by atoms with Gasteiger partial charge >= 0.3 is 0 Å². The molecule has 0 N–H and O–H groups in total. The molecule has 9 rings (SSSR count). The molecule has 0 spiro atoms. The molecular weight excluding hydrogens is 526 g/mol. The molecule has 0 aliphatic heterocycles. The van der Waals surface area contributed by atoms with Gasteiger partial charge in [0.15, 0.2) is 5.82 Å². The van der Waals surface area contributed by atoms with E-state index in [1.165, 1.54) is 32.4 Å². The Morgan fingerprint density at radius 3 is 1.84 bits per heavy atom. The number of para-hydroxylation sites is 3. The van der Waals surface area contributed by atoms with Crippen molar-refractivity contribution >= 4 is 43.5 Å². The van der Waals surface area contributed by atoms with Gasteiger partial charge in [0.1, 0.15) is 0 Å². The van der Waals surface area contributed by atoms with Crippen molar-refractivity contribution in [1.82, 2.24) is 23.9 Å². The van der Waals surface area contributed by atoms with Crippen LogP contribution in [0.1, 0.15) is 0 Å². The maximum Gasteiger partial charge on any atom is 0.241 e. The maximum atomic E-state index is 4.85. The van der Waals surface area contributed by atoms with Gasteiger partial charge in [0, 0.05) is 33.6 Å². The minimum absolute atomic E-state index is 0.756. The molecule has 0 radical (unpaired) electrons. The summed E-state index contributed by atoms with van der Waals surface area (Å²) in [6, 6.07) is 51.0. The van der Waals surface area contributed by atoms with Crippen molar-refractivity contribution < 1.29 is 0 Å². The molecular formula is C38H25N5. The Labute approximate surface area is 247 Å². The Balaban J connectivity index is 1.36. The summed E-state index contributed by atoms with van der Waals surface area (Å²) in [5, 5.41) is 15.7. The van der Waals surface area contributed by atoms with Gasteiger partial charge in [0.05, 0.1) is 22.2 Å². The Morgan fingerprint density at radius 1 is 0.395 bits per heavy atom. The third-order valence-electron chi connectivity index (χ3n) is 8.43. The van der Waals surface area contributed by atoms with Crippen LogP contribution in [0.25, 0.3) is 72.2 Å². The minimum atomic E-state index is 0.756. The van der Waals surface area contributed by atoms with E-state index in [-0.39, 0.29) is 0 Å². The highest BCUT2D eigenvalue weighted by Gasteiger charge is 2.22. The van der Waals surface area contributed by atoms with Gasteiger partial charge < -0.3 is 4.57 Å². The van der Waals surface area contributed by atoms with Crippen LogP contribution in [0, 0.1) is 0 Å². The molecule has 0 fully saturated rings. The van der Waals surface area contributed by atoms with Crippen LogP contribution < -0.4 is 0 Å². The van der Waals surface area contributed by atoms with Crippen LogP contribution in [-0.4, -0.2) is 23.9 Å². The van der Waals surface area contributed by atoms with Crippen LogP contribution in [-0.2, 0) is 0 Å². The summed E-state index contributed by atoms with van der Waals surface area (Å²) in [6.07, 6.45) is 2.17. The van der Waals surface area contributed by atoms with Crippen molar-refractivity contribution in [3.63, 3.8) is 0 Å². The Hall–Kier alpha value is -5.94. The van der Waals surface area contributed by atoms with Crippen LogP contribution >= 0.6 is 0 Å². The summed E-state index contributed by atoms with van der Waals surface area (Å²) in [4.78, 5) is 0. The van der Waals surface area contributed by atoms with Gasteiger partial charge in [0.25, 0.3) is 0 Å². The molecule has 0 aliphatic rings. The van der Waals surface area contributed by atoms with Crippen LogP contribution in [0.5, 0.6) is 0 Å². The molecule has 202 valence electrons. The summed E-state index contributed by atoms with van der Waals surface area (Å²) >= 11 is 0. The average Bonchev–Trinajstić information content (AvgIpc) is 3.80. The predicted molar refractivity (Wildman–Crippen MR) is 175 cm³/mol. The molecule has 43 heavy (non-hydrogen) atoms. The molecule has 3 aromatic heterocycles. The average molecular weight is 552 g/mol. The second-order valence-electron chi connectivity index (χ2n) is 10.8. The molecule has 5 nitrogen and oxygen atoms in total. The maximum absolute atomic E-state index is 4.85. The van der Waals surface area contributed by atoms with Crippen molar-refractivity contribution in [2.24, 2.45) is 0 Å². The number of hydrogen-bond donors (Lipinski definition) is 0. The first-order chi connectivity index (χ1) is 21.4. The standard InChI is InChI=1S/C38H25N5/c1-4-12-26(13-5-1)37-39-40-38(42(37)28-16-8-3-9-17-28)43-34-19-11-10-18-32(34)36-31-21-22-33-30(29(31)20-23-35(36)43)24-25-41(33)27-14-6-2-7-15-27/h1-25H. The van der Waals surface area contributed by atoms with Gasteiger partial charge in [-0.25, -0.2) is 0 Å². The van der Waals surface area contributed by atoms with E-state index in [0.29, 0.717) is 0 Å². The van der Waals surface area contributed by atoms with Gasteiger partial charge in [0.2, 0.25) is 5.95 Å². The molecule has 0 aliphatic carbocycles. The first kappa shape index (κ1) is 23.7. The number of rotatable bonds is 4. The summed E-state index contributed by atoms with van der Waals surface area (Å²) in [6.45, 7) is 0. The first-order valence-corrected chi connectivity index (χ1v) is 14.4. The zero-order valence-corrected chi connectivity index (χ0v) is 23.2. The van der Waals surface area contributed by atoms with Crippen LogP contribution in [0.3, 0.4) is 0 Å². The molecule has 0 saturated heterocycles. The summed E-state index contributed by atoms with van der Waals surface area (Å²) in [5.74, 6) is 1.56. The van der Waals surface area contributed by atoms with Crippen molar-refractivity contribution in [3.8, 4) is 28.7 Å². The summed E-state index contributed by atoms with van der Waals surface area (Å²) in [5.41, 5.74) is 6.57. The fraction of sp³-hybridized carbons (Fsp3) is 0. The fourth-order valence-electron chi connectivity index (χ4n) is 6.54. The van der Waals surface area contributed by atoms with E-state index in [2.05, 4.69) is 141 Å². The van der Waals surface area contributed by atoms with E-state index in [1.807, 2.05) is 24.3 Å². The first-order valence-electron chi connectivity index (χ1n) is 14.4. The van der Waals surface area contributed by atoms with Gasteiger partial charge in [-0.15, -0.1) is 10.2 Å². The Morgan fingerprint density at radius 2 is 1.05 bits per heavy atom. The summed E-state index contributed by atoms with van der Waals surface area (Å²) < 4.78 is 6.68. The number of fused-ring (bicyclic) bond motifs is 7. The fourth-order valence-corrected chi connectivity index (χ4v) is 6.54. The van der Waals surface area contributed by atoms with Crippen LogP contribution in [0.15, 0.2) is 152 Å². The van der Waals surface area contributed by atoms with Gasteiger partial charge in [-0.3, -0.25) is 9.13 Å². The molecule has 3 heterocycles. The van der Waals surface area contributed by atoms with Crippen molar-refractivity contribution in [3.05, 3.63) is 152 Å². The minimum Gasteiger partial charge on any atom is -0.317 e. The smallest absolute Gasteiger partial charge is 0.241 e. The lowest BCUT2D eigenvalue weighted by molar-refractivity contribution is 0.933. The van der Waals surface area contributed by atoms with Gasteiger partial charge in [-0.1, -0.05) is 97.1 Å². The molecule has 9 aromatic rings. The number of benzene rings is 6. The van der Waals surface area contributed by atoms with Crippen LogP contribution in [0.2, 0.25) is 0 Å². The van der Waals surface area contributed by atoms with E-state index >= 15 is 0 Å². The summed E-state index contributed by atoms with van der Waals surface area (Å²) in [7, 11) is 0. The lowest BCUT2D eigenvalue weighted by atomic mass is 10.0. The normalized spacial score (nSPS) is 11.7. The molecule has 0 unspecified atom stereocenters. The van der Waals surface area contributed by atoms with Crippen molar-refractivity contribution in [2.75, 3.05) is 0 Å². The topological polar surface area (TPSA) is 40.6 Å². The highest BCUT2D eigenvalue weighted by atomic mass is 15.4. The zero-order chi connectivity index (χ0) is 28.3. The third-order valence-corrected chi connectivity index (χ3v) is 8.43. The molecule has 0 atom stereocenters. The Bertz CT molecular complexity index is 2430. The Kier molecular flexibility index (Phi) is 5.13. The predicted octanol–water partition coefficient (Wildman–Crippen LogP) is 9.13. The van der Waals surface area contributed by atoms with Gasteiger partial charge in [-0.05, 0) is 59.3 Å². The molecule has 6 aromatic carbocycles. The second kappa shape index (κ2) is 9.29. The van der Waals surface area contributed by atoms with E-state index in [4.69, 9.17) is 10.2 Å². The van der Waals surface area contributed by atoms with E-state index in [1.54, 1.807) is 0 Å². The van der Waals surface area contributed by atoms with E-state index in [9.17, 15) is 0 Å². The van der Waals surface area contributed by atoms with Gasteiger partial charge in [-0.2, -0.15) is 0 Å². The monoisotopic (exact) mass is 551 g/mol. The number of nitrogens with zero attached hydrogens (tertiary/aromatic N) is 5. The zero-order valence-electron chi connectivity index (χ0n) is 23.2. The number of aromatic nitrogens is 5. The largest absolute Gasteiger partial charge is 0.317 e. The SMILES string of the molecule is c1ccc(-c2nnc(-n3c4ccccc4c4c5ccc6c(ccn6-c6ccccc6)c5ccc43)n2-c2ccccc2)cc1. The molecule has 0 bridgehead atoms. The van der Waals surface area contributed by atoms with Crippen molar-refractivity contribution in [1.29, 1.82) is 0 Å². The highest BCUT2D eigenvalue weighted by molar-refractivity contribution is 6.25. The third kappa shape index (κ3) is 3.52. The van der Waals surface area contributed by atoms with Crippen LogP contribution in [0.4, 0.5) is 0 Å². The quantitative estimate of drug-likeness (QED) is 0.219. The lowest BCUT2D eigenvalue weighted by Gasteiger charge is -2.13. The highest BCUT2D eigenvalue weighted by Crippen LogP contribution is 2.40.